The molecular formula is C11H13F2N3O3. The van der Waals surface area contributed by atoms with Crippen LogP contribution in [0.1, 0.15) is 13.3 Å². The van der Waals surface area contributed by atoms with Crippen LogP contribution >= 0.6 is 0 Å². The highest BCUT2D eigenvalue weighted by molar-refractivity contribution is 5.94. The van der Waals surface area contributed by atoms with Gasteiger partial charge in [-0.15, -0.1) is 0 Å². The van der Waals surface area contributed by atoms with Gasteiger partial charge in [-0.05, 0) is 13.0 Å². The topological polar surface area (TPSA) is 98.3 Å². The number of nitrogens with two attached hydrogens (primary N) is 1. The van der Waals surface area contributed by atoms with Crippen molar-refractivity contribution < 1.29 is 18.5 Å². The Morgan fingerprint density at radius 3 is 2.68 bits per heavy atom. The van der Waals surface area contributed by atoms with Crippen molar-refractivity contribution in [2.24, 2.45) is 11.7 Å². The van der Waals surface area contributed by atoms with Crippen LogP contribution in [-0.4, -0.2) is 17.4 Å². The lowest BCUT2D eigenvalue weighted by atomic mass is 10.1. The molecule has 0 heterocycles. The number of nitro benzene ring substituents is 1. The highest BCUT2D eigenvalue weighted by atomic mass is 19.1. The number of anilines is 1. The molecule has 19 heavy (non-hydrogen) atoms. The molecule has 1 atom stereocenters. The molecule has 0 aromatic heterocycles. The second-order valence-corrected chi connectivity index (χ2v) is 4.01. The van der Waals surface area contributed by atoms with Crippen LogP contribution in [0.4, 0.5) is 20.2 Å². The summed E-state index contributed by atoms with van der Waals surface area (Å²) in [5, 5.41) is 12.8. The summed E-state index contributed by atoms with van der Waals surface area (Å²) >= 11 is 0. The number of nitro groups is 1. The largest absolute Gasteiger partial charge is 0.330 e. The Kier molecular flexibility index (Phi) is 4.87. The maximum absolute atomic E-state index is 13.5. The molecule has 1 amide bonds. The highest BCUT2D eigenvalue weighted by Gasteiger charge is 2.23. The van der Waals surface area contributed by atoms with E-state index >= 15 is 0 Å². The lowest BCUT2D eigenvalue weighted by Gasteiger charge is -2.11. The zero-order valence-electron chi connectivity index (χ0n) is 10.2. The molecule has 0 radical (unpaired) electrons. The number of rotatable bonds is 5. The molecule has 0 aliphatic heterocycles. The summed E-state index contributed by atoms with van der Waals surface area (Å²) in [7, 11) is 0. The van der Waals surface area contributed by atoms with E-state index in [-0.39, 0.29) is 6.54 Å². The van der Waals surface area contributed by atoms with E-state index in [0.29, 0.717) is 18.6 Å². The van der Waals surface area contributed by atoms with Crippen molar-refractivity contribution in [2.45, 2.75) is 13.3 Å². The second-order valence-electron chi connectivity index (χ2n) is 4.01. The van der Waals surface area contributed by atoms with Gasteiger partial charge >= 0.3 is 0 Å². The molecule has 0 aliphatic carbocycles. The van der Waals surface area contributed by atoms with Gasteiger partial charge in [0.25, 0.3) is 5.69 Å². The van der Waals surface area contributed by atoms with Crippen molar-refractivity contribution in [1.29, 1.82) is 0 Å². The van der Waals surface area contributed by atoms with Gasteiger partial charge in [-0.3, -0.25) is 14.9 Å². The SMILES string of the molecule is CC(CCN)C(=O)Nc1c(F)cc(F)cc1[N+](=O)[O-]. The third-order valence-corrected chi connectivity index (χ3v) is 2.53. The number of carbonyl (C=O) groups excluding carboxylic acids is 1. The summed E-state index contributed by atoms with van der Waals surface area (Å²) < 4.78 is 26.4. The number of carbonyl (C=O) groups is 1. The van der Waals surface area contributed by atoms with Crippen molar-refractivity contribution in [2.75, 3.05) is 11.9 Å². The Labute approximate surface area is 107 Å². The van der Waals surface area contributed by atoms with Gasteiger partial charge in [0, 0.05) is 12.0 Å². The Morgan fingerprint density at radius 2 is 2.16 bits per heavy atom. The predicted octanol–water partition coefficient (Wildman–Crippen LogP) is 1.80. The predicted molar refractivity (Wildman–Crippen MR) is 64.5 cm³/mol. The van der Waals surface area contributed by atoms with Gasteiger partial charge in [-0.1, -0.05) is 6.92 Å². The summed E-state index contributed by atoms with van der Waals surface area (Å²) in [6, 6.07) is 1.02. The number of nitrogens with one attached hydrogen (secondary N) is 1. The third-order valence-electron chi connectivity index (χ3n) is 2.53. The highest BCUT2D eigenvalue weighted by Crippen LogP contribution is 2.29. The molecule has 0 spiro atoms. The van der Waals surface area contributed by atoms with Gasteiger partial charge in [0.1, 0.15) is 5.82 Å². The summed E-state index contributed by atoms with van der Waals surface area (Å²) in [4.78, 5) is 21.4. The Balaban J connectivity index is 3.06. The minimum absolute atomic E-state index is 0.253. The van der Waals surface area contributed by atoms with Crippen LogP contribution in [0.15, 0.2) is 12.1 Å². The first-order valence-electron chi connectivity index (χ1n) is 5.51. The molecule has 1 aromatic carbocycles. The third kappa shape index (κ3) is 3.68. The number of halogens is 2. The fourth-order valence-electron chi connectivity index (χ4n) is 1.46. The molecule has 6 nitrogen and oxygen atoms in total. The summed E-state index contributed by atoms with van der Waals surface area (Å²) in [6.45, 7) is 1.80. The minimum atomic E-state index is -1.19. The van der Waals surface area contributed by atoms with Gasteiger partial charge in [-0.2, -0.15) is 0 Å². The zero-order chi connectivity index (χ0) is 14.6. The Morgan fingerprint density at radius 1 is 1.53 bits per heavy atom. The van der Waals surface area contributed by atoms with E-state index in [2.05, 4.69) is 5.32 Å². The molecule has 1 rings (SSSR count). The average Bonchev–Trinajstić information content (AvgIpc) is 2.32. The second kappa shape index (κ2) is 6.19. The fraction of sp³-hybridized carbons (Fsp3) is 0.364. The number of nitrogens with zero attached hydrogens (tertiary/aromatic N) is 1. The van der Waals surface area contributed by atoms with E-state index in [1.54, 1.807) is 6.92 Å². The van der Waals surface area contributed by atoms with Gasteiger partial charge < -0.3 is 11.1 Å². The Bertz CT molecular complexity index is 508. The molecule has 3 N–H and O–H groups in total. The van der Waals surface area contributed by atoms with Crippen molar-refractivity contribution in [3.63, 3.8) is 0 Å². The minimum Gasteiger partial charge on any atom is -0.330 e. The quantitative estimate of drug-likeness (QED) is 0.631. The lowest BCUT2D eigenvalue weighted by Crippen LogP contribution is -2.23. The first-order valence-corrected chi connectivity index (χ1v) is 5.51. The van der Waals surface area contributed by atoms with Gasteiger partial charge in [-0.25, -0.2) is 8.78 Å². The zero-order valence-corrected chi connectivity index (χ0v) is 10.2. The van der Waals surface area contributed by atoms with E-state index in [9.17, 15) is 23.7 Å². The van der Waals surface area contributed by atoms with E-state index in [1.165, 1.54) is 0 Å². The molecule has 0 aliphatic rings. The van der Waals surface area contributed by atoms with Crippen LogP contribution in [0.5, 0.6) is 0 Å². The van der Waals surface area contributed by atoms with E-state index in [0.717, 1.165) is 0 Å². The smallest absolute Gasteiger partial charge is 0.298 e. The number of benzene rings is 1. The fourth-order valence-corrected chi connectivity index (χ4v) is 1.46. The number of hydrogen-bond donors (Lipinski definition) is 2. The Hall–Kier alpha value is -2.09. The monoisotopic (exact) mass is 273 g/mol. The molecule has 1 aromatic rings. The molecule has 104 valence electrons. The number of amides is 1. The molecule has 0 saturated carbocycles. The van der Waals surface area contributed by atoms with Crippen molar-refractivity contribution in [3.05, 3.63) is 33.9 Å². The van der Waals surface area contributed by atoms with Crippen LogP contribution in [0.3, 0.4) is 0 Å². The van der Waals surface area contributed by atoms with Crippen molar-refractivity contribution >= 4 is 17.3 Å². The maximum atomic E-state index is 13.5. The molecule has 0 bridgehead atoms. The van der Waals surface area contributed by atoms with Gasteiger partial charge in [0.15, 0.2) is 11.5 Å². The standard InChI is InChI=1S/C11H13F2N3O3/c1-6(2-3-14)11(17)15-10-8(13)4-7(12)5-9(10)16(18)19/h4-6H,2-3,14H2,1H3,(H,15,17). The molecule has 0 saturated heterocycles. The van der Waals surface area contributed by atoms with Gasteiger partial charge in [0.05, 0.1) is 11.0 Å². The van der Waals surface area contributed by atoms with Gasteiger partial charge in [0.2, 0.25) is 5.91 Å². The van der Waals surface area contributed by atoms with Crippen LogP contribution in [0.25, 0.3) is 0 Å². The van der Waals surface area contributed by atoms with Crippen LogP contribution in [0, 0.1) is 27.7 Å². The first kappa shape index (κ1) is 15.0. The van der Waals surface area contributed by atoms with Crippen molar-refractivity contribution in [3.8, 4) is 0 Å². The molecule has 8 heteroatoms. The van der Waals surface area contributed by atoms with Crippen LogP contribution in [0.2, 0.25) is 0 Å². The summed E-state index contributed by atoms with van der Waals surface area (Å²) in [5.74, 6) is -3.43. The average molecular weight is 273 g/mol. The normalized spacial score (nSPS) is 12.0. The maximum Gasteiger partial charge on any atom is 0.298 e. The van der Waals surface area contributed by atoms with E-state index < -0.39 is 39.8 Å². The molecule has 1 unspecified atom stereocenters. The molecular weight excluding hydrogens is 260 g/mol. The summed E-state index contributed by atoms with van der Waals surface area (Å²) in [6.07, 6.45) is 0.350. The van der Waals surface area contributed by atoms with Crippen molar-refractivity contribution in [1.82, 2.24) is 0 Å². The summed E-state index contributed by atoms with van der Waals surface area (Å²) in [5.41, 5.74) is 3.81. The van der Waals surface area contributed by atoms with E-state index in [4.69, 9.17) is 5.73 Å². The van der Waals surface area contributed by atoms with Crippen LogP contribution < -0.4 is 11.1 Å². The lowest BCUT2D eigenvalue weighted by molar-refractivity contribution is -0.384. The van der Waals surface area contributed by atoms with Crippen LogP contribution in [-0.2, 0) is 4.79 Å². The molecule has 0 fully saturated rings. The first-order chi connectivity index (χ1) is 8.86. The van der Waals surface area contributed by atoms with E-state index in [1.807, 2.05) is 0 Å². The number of hydrogen-bond acceptors (Lipinski definition) is 4.